The molecule has 1 aromatic carbocycles. The minimum Gasteiger partial charge on any atom is -0.459 e. The molecule has 2 rings (SSSR count). The minimum atomic E-state index is -0.635. The number of carbonyl (C=O) groups excluding carboxylic acids is 3. The molecule has 1 aromatic heterocycles. The summed E-state index contributed by atoms with van der Waals surface area (Å²) in [6, 6.07) is 4.21. The molecule has 0 radical (unpaired) electrons. The van der Waals surface area contributed by atoms with Crippen LogP contribution in [0.25, 0.3) is 6.08 Å². The van der Waals surface area contributed by atoms with E-state index in [-0.39, 0.29) is 33.2 Å². The number of ether oxygens (including phenoxy) is 1. The van der Waals surface area contributed by atoms with Gasteiger partial charge in [-0.1, -0.05) is 17.7 Å². The zero-order chi connectivity index (χ0) is 24.0. The third kappa shape index (κ3) is 5.95. The fraction of sp³-hybridized carbons (Fsp3) is 0.348. The second-order valence-electron chi connectivity index (χ2n) is 7.15. The summed E-state index contributed by atoms with van der Waals surface area (Å²) in [6.07, 6.45) is 1.99. The van der Waals surface area contributed by atoms with Crippen LogP contribution < -0.4 is 5.32 Å². The molecule has 0 saturated heterocycles. The molecule has 1 N–H and O–H groups in total. The number of carbonyl (C=O) groups is 3. The van der Waals surface area contributed by atoms with Crippen LogP contribution >= 0.6 is 22.9 Å². The third-order valence-corrected chi connectivity index (χ3v) is 6.10. The second-order valence-corrected chi connectivity index (χ2v) is 8.58. The number of thiophene rings is 1. The third-order valence-electron chi connectivity index (χ3n) is 4.58. The molecule has 0 aliphatic carbocycles. The first-order valence-corrected chi connectivity index (χ1v) is 11.4. The quantitative estimate of drug-likeness (QED) is 0.397. The highest BCUT2D eigenvalue weighted by atomic mass is 35.5. The molecule has 1 heterocycles. The Bertz CT molecular complexity index is 1020. The van der Waals surface area contributed by atoms with Gasteiger partial charge >= 0.3 is 5.97 Å². The van der Waals surface area contributed by atoms with Crippen molar-refractivity contribution in [3.63, 3.8) is 0 Å². The molecule has 6 nitrogen and oxygen atoms in total. The SMILES string of the molecule is CCN(CC)C(=O)c1sc(NC(=O)/C=C/c2c(F)cccc2Cl)c(C(=O)OC(C)C)c1C. The van der Waals surface area contributed by atoms with E-state index in [1.165, 1.54) is 24.3 Å². The number of hydrogen-bond donors (Lipinski definition) is 1. The summed E-state index contributed by atoms with van der Waals surface area (Å²) in [5.74, 6) is -2.04. The average molecular weight is 481 g/mol. The van der Waals surface area contributed by atoms with Gasteiger partial charge in [0, 0.05) is 24.7 Å². The summed E-state index contributed by atoms with van der Waals surface area (Å²) in [7, 11) is 0. The van der Waals surface area contributed by atoms with Gasteiger partial charge in [0.2, 0.25) is 5.91 Å². The van der Waals surface area contributed by atoms with E-state index in [2.05, 4.69) is 5.32 Å². The van der Waals surface area contributed by atoms with Crippen molar-refractivity contribution in [2.24, 2.45) is 0 Å². The van der Waals surface area contributed by atoms with Crippen LogP contribution in [0.2, 0.25) is 5.02 Å². The van der Waals surface area contributed by atoms with Crippen molar-refractivity contribution in [3.8, 4) is 0 Å². The van der Waals surface area contributed by atoms with Gasteiger partial charge in [-0.2, -0.15) is 0 Å². The molecule has 2 aromatic rings. The number of esters is 1. The highest BCUT2D eigenvalue weighted by Gasteiger charge is 2.28. The van der Waals surface area contributed by atoms with Gasteiger partial charge in [0.1, 0.15) is 10.8 Å². The van der Waals surface area contributed by atoms with Crippen LogP contribution in [-0.4, -0.2) is 41.9 Å². The Kier molecular flexibility index (Phi) is 8.98. The van der Waals surface area contributed by atoms with Gasteiger partial charge < -0.3 is 15.0 Å². The lowest BCUT2D eigenvalue weighted by molar-refractivity contribution is -0.111. The molecule has 0 unspecified atom stereocenters. The van der Waals surface area contributed by atoms with Crippen LogP contribution in [0, 0.1) is 12.7 Å². The first kappa shape index (κ1) is 25.5. The topological polar surface area (TPSA) is 75.7 Å². The predicted molar refractivity (Wildman–Crippen MR) is 126 cm³/mol. The van der Waals surface area contributed by atoms with Crippen molar-refractivity contribution in [1.29, 1.82) is 0 Å². The highest BCUT2D eigenvalue weighted by molar-refractivity contribution is 7.18. The predicted octanol–water partition coefficient (Wildman–Crippen LogP) is 5.55. The molecule has 0 atom stereocenters. The Morgan fingerprint density at radius 3 is 2.47 bits per heavy atom. The van der Waals surface area contributed by atoms with Crippen molar-refractivity contribution in [2.75, 3.05) is 18.4 Å². The molecule has 0 bridgehead atoms. The Morgan fingerprint density at radius 1 is 1.25 bits per heavy atom. The number of benzene rings is 1. The summed E-state index contributed by atoms with van der Waals surface area (Å²) in [5.41, 5.74) is 0.641. The van der Waals surface area contributed by atoms with Crippen LogP contribution in [0.15, 0.2) is 24.3 Å². The van der Waals surface area contributed by atoms with E-state index in [1.807, 2.05) is 13.8 Å². The van der Waals surface area contributed by atoms with Crippen molar-refractivity contribution in [3.05, 3.63) is 56.7 Å². The first-order valence-electron chi connectivity index (χ1n) is 10.2. The van der Waals surface area contributed by atoms with Crippen molar-refractivity contribution >= 4 is 51.8 Å². The average Bonchev–Trinajstić information content (AvgIpc) is 3.03. The first-order chi connectivity index (χ1) is 15.1. The molecule has 0 saturated carbocycles. The molecule has 32 heavy (non-hydrogen) atoms. The van der Waals surface area contributed by atoms with E-state index in [4.69, 9.17) is 16.3 Å². The number of rotatable bonds is 8. The molecule has 9 heteroatoms. The summed E-state index contributed by atoms with van der Waals surface area (Å²) >= 11 is 6.99. The van der Waals surface area contributed by atoms with E-state index in [1.54, 1.807) is 25.7 Å². The maximum atomic E-state index is 13.9. The van der Waals surface area contributed by atoms with E-state index >= 15 is 0 Å². The van der Waals surface area contributed by atoms with Crippen molar-refractivity contribution in [1.82, 2.24) is 4.90 Å². The van der Waals surface area contributed by atoms with Gasteiger partial charge in [-0.05, 0) is 58.4 Å². The number of nitrogens with zero attached hydrogens (tertiary/aromatic N) is 1. The molecule has 0 aliphatic rings. The summed E-state index contributed by atoms with van der Waals surface area (Å²) in [6.45, 7) is 9.80. The van der Waals surface area contributed by atoms with Gasteiger partial charge in [0.15, 0.2) is 0 Å². The van der Waals surface area contributed by atoms with E-state index < -0.39 is 17.7 Å². The lowest BCUT2D eigenvalue weighted by Gasteiger charge is -2.18. The molecule has 172 valence electrons. The van der Waals surface area contributed by atoms with Crippen LogP contribution in [0.1, 0.15) is 58.9 Å². The fourth-order valence-electron chi connectivity index (χ4n) is 2.96. The standard InChI is InChI=1S/C23H26ClFN2O4S/c1-6-27(7-2)22(29)20-14(5)19(23(30)31-13(3)4)21(32-20)26-18(28)12-11-15-16(24)9-8-10-17(15)25/h8-13H,6-7H2,1-5H3,(H,26,28)/b12-11+. The van der Waals surface area contributed by atoms with Crippen LogP contribution in [0.5, 0.6) is 0 Å². The zero-order valence-corrected chi connectivity index (χ0v) is 20.2. The Labute approximate surface area is 196 Å². The lowest BCUT2D eigenvalue weighted by atomic mass is 10.1. The molecule has 0 fully saturated rings. The van der Waals surface area contributed by atoms with Crippen molar-refractivity contribution in [2.45, 2.75) is 40.7 Å². The summed E-state index contributed by atoms with van der Waals surface area (Å²) in [4.78, 5) is 40.1. The monoisotopic (exact) mass is 480 g/mol. The van der Waals surface area contributed by atoms with E-state index in [0.717, 1.165) is 17.4 Å². The van der Waals surface area contributed by atoms with Gasteiger partial charge in [0.05, 0.1) is 21.6 Å². The number of hydrogen-bond acceptors (Lipinski definition) is 5. The van der Waals surface area contributed by atoms with Gasteiger partial charge in [-0.25, -0.2) is 9.18 Å². The minimum absolute atomic E-state index is 0.0727. The highest BCUT2D eigenvalue weighted by Crippen LogP contribution is 2.35. The molecule has 0 spiro atoms. The smallest absolute Gasteiger partial charge is 0.341 e. The van der Waals surface area contributed by atoms with Gasteiger partial charge in [-0.15, -0.1) is 11.3 Å². The Morgan fingerprint density at radius 2 is 1.91 bits per heavy atom. The number of anilines is 1. The maximum Gasteiger partial charge on any atom is 0.341 e. The van der Waals surface area contributed by atoms with Crippen molar-refractivity contribution < 1.29 is 23.5 Å². The molecular formula is C23H26ClFN2O4S. The molecular weight excluding hydrogens is 455 g/mol. The summed E-state index contributed by atoms with van der Waals surface area (Å²) in [5, 5.41) is 2.97. The zero-order valence-electron chi connectivity index (χ0n) is 18.6. The molecule has 0 aliphatic heterocycles. The summed E-state index contributed by atoms with van der Waals surface area (Å²) < 4.78 is 19.3. The Hall–Kier alpha value is -2.71. The molecule has 2 amide bonds. The number of halogens is 2. The van der Waals surface area contributed by atoms with Crippen LogP contribution in [0.4, 0.5) is 9.39 Å². The number of amides is 2. The van der Waals surface area contributed by atoms with Gasteiger partial charge in [0.25, 0.3) is 5.91 Å². The largest absolute Gasteiger partial charge is 0.459 e. The maximum absolute atomic E-state index is 13.9. The Balaban J connectivity index is 2.41. The number of nitrogens with one attached hydrogen (secondary N) is 1. The van der Waals surface area contributed by atoms with Gasteiger partial charge in [-0.3, -0.25) is 9.59 Å². The fourth-order valence-corrected chi connectivity index (χ4v) is 4.35. The van der Waals surface area contributed by atoms with Crippen LogP contribution in [0.3, 0.4) is 0 Å². The normalized spacial score (nSPS) is 11.1. The van der Waals surface area contributed by atoms with E-state index in [9.17, 15) is 18.8 Å². The second kappa shape index (κ2) is 11.2. The van der Waals surface area contributed by atoms with E-state index in [0.29, 0.717) is 23.5 Å². The lowest BCUT2D eigenvalue weighted by Crippen LogP contribution is -2.30. The van der Waals surface area contributed by atoms with Crippen LogP contribution in [-0.2, 0) is 9.53 Å².